The van der Waals surface area contributed by atoms with Gasteiger partial charge in [0.2, 0.25) is 7.98 Å². The zero-order valence-electron chi connectivity index (χ0n) is 34.0. The van der Waals surface area contributed by atoms with Gasteiger partial charge < -0.3 is 4.48 Å². The zero-order valence-corrected chi connectivity index (χ0v) is 34.0. The highest BCUT2D eigenvalue weighted by atomic mass is 14.9. The lowest BCUT2D eigenvalue weighted by atomic mass is 9.85. The monoisotopic (exact) mass is 786 g/mol. The quantitative estimate of drug-likeness (QED) is 0.137. The highest BCUT2D eigenvalue weighted by Crippen LogP contribution is 2.52. The van der Waals surface area contributed by atoms with Gasteiger partial charge in [-0.15, -0.1) is 0 Å². The summed E-state index contributed by atoms with van der Waals surface area (Å²) in [7, 11) is 7.79. The van der Waals surface area contributed by atoms with Crippen LogP contribution in [-0.4, -0.2) is 18.2 Å². The Balaban J connectivity index is 1.34. The second-order valence-electron chi connectivity index (χ2n) is 15.7. The molecule has 9 aromatic carbocycles. The minimum atomic E-state index is 0.857. The van der Waals surface area contributed by atoms with Gasteiger partial charge in [0.25, 0.3) is 0 Å². The molecule has 1 aliphatic heterocycles. The highest BCUT2D eigenvalue weighted by Gasteiger charge is 2.34. The van der Waals surface area contributed by atoms with Crippen LogP contribution in [0.3, 0.4) is 0 Å². The average molecular weight is 787 g/mol. The molecule has 62 heavy (non-hydrogen) atoms. The maximum absolute atomic E-state index is 7.79. The van der Waals surface area contributed by atoms with E-state index in [9.17, 15) is 0 Å². The van der Waals surface area contributed by atoms with E-state index in [1.54, 1.807) is 0 Å². The van der Waals surface area contributed by atoms with Crippen molar-refractivity contribution < 1.29 is 0 Å². The fourth-order valence-electron chi connectivity index (χ4n) is 9.17. The maximum atomic E-state index is 7.79. The number of fused-ring (bicyclic) bond motifs is 2. The van der Waals surface area contributed by atoms with E-state index in [0.717, 1.165) is 89.6 Å². The van der Waals surface area contributed by atoms with E-state index in [0.29, 0.717) is 0 Å². The number of aliphatic imine (C=N–C) groups is 1. The van der Waals surface area contributed by atoms with Crippen molar-refractivity contribution in [2.45, 2.75) is 0 Å². The number of allylic oxidation sites excluding steroid dienone is 2. The van der Waals surface area contributed by atoms with Crippen molar-refractivity contribution in [3.05, 3.63) is 270 Å². The van der Waals surface area contributed by atoms with E-state index in [4.69, 9.17) is 13.0 Å². The first kappa shape index (κ1) is 37.0. The number of hydrogen-bond acceptors (Lipinski definition) is 1. The van der Waals surface area contributed by atoms with Crippen LogP contribution in [0.15, 0.2) is 247 Å². The SMILES string of the molecule is [B]n1c(/C(=C2\N=C(c3ccccc3)C(c3ccc4ccccc4c3)=C2c2ccccc2)c2ccccc2)c(-c2ccccc2)c(-c2ccc3ccccc3c2)c1-c1ccccc1. The van der Waals surface area contributed by atoms with E-state index < -0.39 is 0 Å². The van der Waals surface area contributed by atoms with E-state index >= 15 is 0 Å². The van der Waals surface area contributed by atoms with Crippen molar-refractivity contribution in [3.8, 4) is 33.5 Å². The summed E-state index contributed by atoms with van der Waals surface area (Å²) in [5.74, 6) is 0. The predicted molar refractivity (Wildman–Crippen MR) is 262 cm³/mol. The highest BCUT2D eigenvalue weighted by molar-refractivity contribution is 6.42. The normalized spacial score (nSPS) is 13.5. The first-order valence-corrected chi connectivity index (χ1v) is 21.1. The molecule has 0 spiro atoms. The van der Waals surface area contributed by atoms with Gasteiger partial charge in [0.05, 0.1) is 11.4 Å². The van der Waals surface area contributed by atoms with Crippen molar-refractivity contribution >= 4 is 52.0 Å². The van der Waals surface area contributed by atoms with Crippen molar-refractivity contribution in [2.24, 2.45) is 4.99 Å². The van der Waals surface area contributed by atoms with Crippen molar-refractivity contribution in [1.82, 2.24) is 4.48 Å². The minimum Gasteiger partial charge on any atom is -0.396 e. The molecule has 0 unspecified atom stereocenters. The van der Waals surface area contributed by atoms with Crippen LogP contribution in [0.4, 0.5) is 0 Å². The largest absolute Gasteiger partial charge is 0.396 e. The summed E-state index contributed by atoms with van der Waals surface area (Å²) in [5, 5.41) is 4.72. The summed E-state index contributed by atoms with van der Waals surface area (Å²) in [5.41, 5.74) is 16.1. The van der Waals surface area contributed by atoms with Gasteiger partial charge in [0, 0.05) is 44.8 Å². The number of hydrogen-bond donors (Lipinski definition) is 0. The minimum absolute atomic E-state index is 0.857. The van der Waals surface area contributed by atoms with Gasteiger partial charge in [-0.05, 0) is 67.1 Å². The first-order valence-electron chi connectivity index (χ1n) is 21.1. The molecule has 11 rings (SSSR count). The van der Waals surface area contributed by atoms with Gasteiger partial charge in [-0.1, -0.05) is 224 Å². The van der Waals surface area contributed by atoms with Gasteiger partial charge in [0.15, 0.2) is 0 Å². The van der Waals surface area contributed by atoms with E-state index in [1.165, 1.54) is 21.5 Å². The van der Waals surface area contributed by atoms with Crippen LogP contribution in [0.1, 0.15) is 27.9 Å². The molecule has 1 aromatic heterocycles. The molecule has 0 saturated heterocycles. The van der Waals surface area contributed by atoms with Crippen molar-refractivity contribution in [2.75, 3.05) is 0 Å². The fourth-order valence-corrected chi connectivity index (χ4v) is 9.17. The molecule has 0 N–H and O–H groups in total. The molecule has 3 heteroatoms. The molecule has 288 valence electrons. The molecule has 1 aliphatic rings. The number of aromatic nitrogens is 1. The Hall–Kier alpha value is -8.01. The molecule has 0 amide bonds. The Morgan fingerprint density at radius 3 is 1.39 bits per heavy atom. The molecular formula is C59H39BN2. The summed E-state index contributed by atoms with van der Waals surface area (Å²) >= 11 is 0. The lowest BCUT2D eigenvalue weighted by molar-refractivity contribution is 1.21. The number of benzene rings is 9. The average Bonchev–Trinajstić information content (AvgIpc) is 3.89. The zero-order chi connectivity index (χ0) is 41.4. The van der Waals surface area contributed by atoms with Gasteiger partial charge in [-0.25, -0.2) is 4.99 Å². The molecule has 0 bridgehead atoms. The summed E-state index contributed by atoms with van der Waals surface area (Å²) in [6.45, 7) is 0. The van der Waals surface area contributed by atoms with Gasteiger partial charge in [-0.3, -0.25) is 0 Å². The molecule has 2 heterocycles. The Labute approximate surface area is 363 Å². The van der Waals surface area contributed by atoms with Crippen LogP contribution in [0, 0.1) is 0 Å². The van der Waals surface area contributed by atoms with Crippen LogP contribution in [0.25, 0.3) is 71.8 Å². The summed E-state index contributed by atoms with van der Waals surface area (Å²) < 4.78 is 1.94. The Morgan fingerprint density at radius 2 is 0.806 bits per heavy atom. The first-order chi connectivity index (χ1) is 30.7. The van der Waals surface area contributed by atoms with E-state index in [1.807, 2.05) is 4.48 Å². The summed E-state index contributed by atoms with van der Waals surface area (Å²) in [4.78, 5) is 5.86. The molecule has 0 atom stereocenters. The van der Waals surface area contributed by atoms with Crippen LogP contribution in [0.2, 0.25) is 0 Å². The molecule has 2 nitrogen and oxygen atoms in total. The van der Waals surface area contributed by atoms with Crippen LogP contribution < -0.4 is 0 Å². The Bertz CT molecular complexity index is 3360. The van der Waals surface area contributed by atoms with Crippen LogP contribution in [0.5, 0.6) is 0 Å². The fraction of sp³-hybridized carbons (Fsp3) is 0. The Morgan fingerprint density at radius 1 is 0.355 bits per heavy atom. The van der Waals surface area contributed by atoms with Crippen molar-refractivity contribution in [1.29, 1.82) is 0 Å². The summed E-state index contributed by atoms with van der Waals surface area (Å²) in [6, 6.07) is 83.9. The lowest BCUT2D eigenvalue weighted by Crippen LogP contribution is -2.05. The molecule has 10 aromatic rings. The van der Waals surface area contributed by atoms with Crippen LogP contribution in [-0.2, 0) is 0 Å². The molecule has 2 radical (unpaired) electrons. The van der Waals surface area contributed by atoms with Gasteiger partial charge in [-0.2, -0.15) is 0 Å². The van der Waals surface area contributed by atoms with Crippen molar-refractivity contribution in [3.63, 3.8) is 0 Å². The topological polar surface area (TPSA) is 17.3 Å². The van der Waals surface area contributed by atoms with E-state index in [2.05, 4.69) is 237 Å². The number of rotatable bonds is 8. The smallest absolute Gasteiger partial charge is 0.234 e. The molecule has 0 aliphatic carbocycles. The second-order valence-corrected chi connectivity index (χ2v) is 15.7. The Kier molecular flexibility index (Phi) is 9.48. The second kappa shape index (κ2) is 15.9. The standard InChI is InChI=1S/C59H39BN2/c60-62-58(46-30-14-5-15-31-46)54(50-37-35-41-21-17-19-33-48(41)39-50)53(43-24-8-2-9-25-43)59(62)55(44-26-10-3-11-27-44)57-51(42-22-6-1-7-23-42)52(56(61-57)45-28-12-4-13-29-45)49-36-34-40-20-16-18-32-47(40)38-49/h1-39H/b57-55-. The molecule has 0 saturated carbocycles. The van der Waals surface area contributed by atoms with Gasteiger partial charge in [0.1, 0.15) is 0 Å². The third kappa shape index (κ3) is 6.52. The van der Waals surface area contributed by atoms with Gasteiger partial charge >= 0.3 is 0 Å². The number of nitrogens with zero attached hydrogens (tertiary/aromatic N) is 2. The third-order valence-electron chi connectivity index (χ3n) is 12.0. The summed E-state index contributed by atoms with van der Waals surface area (Å²) in [6.07, 6.45) is 0. The maximum Gasteiger partial charge on any atom is 0.234 e. The molecule has 0 fully saturated rings. The van der Waals surface area contributed by atoms with Crippen LogP contribution >= 0.6 is 0 Å². The third-order valence-corrected chi connectivity index (χ3v) is 12.0. The van der Waals surface area contributed by atoms with E-state index in [-0.39, 0.29) is 0 Å². The molecular weight excluding hydrogens is 747 g/mol. The predicted octanol–water partition coefficient (Wildman–Crippen LogP) is 14.6. The lowest BCUT2D eigenvalue weighted by Gasteiger charge is -2.19.